The molecule has 0 fully saturated rings. The van der Waals surface area contributed by atoms with E-state index in [2.05, 4.69) is 51.4 Å². The van der Waals surface area contributed by atoms with Crippen LogP contribution in [-0.4, -0.2) is 35.2 Å². The van der Waals surface area contributed by atoms with Crippen molar-refractivity contribution in [1.29, 1.82) is 0 Å². The Morgan fingerprint density at radius 3 is 2.70 bits per heavy atom. The van der Waals surface area contributed by atoms with Crippen molar-refractivity contribution in [1.82, 2.24) is 35.2 Å². The maximum Gasteiger partial charge on any atom is 0.235 e. The van der Waals surface area contributed by atoms with Crippen molar-refractivity contribution < 1.29 is 4.52 Å². The highest BCUT2D eigenvalue weighted by Crippen LogP contribution is 2.29. The number of hydrogen-bond donors (Lipinski definition) is 1. The van der Waals surface area contributed by atoms with E-state index in [-0.39, 0.29) is 5.41 Å². The molecule has 9 heteroatoms. The third-order valence-corrected chi connectivity index (χ3v) is 4.36. The van der Waals surface area contributed by atoms with E-state index in [0.717, 1.165) is 11.4 Å². The summed E-state index contributed by atoms with van der Waals surface area (Å²) in [5.74, 6) is 1.23. The van der Waals surface area contributed by atoms with Gasteiger partial charge in [-0.15, -0.1) is 15.3 Å². The second kappa shape index (κ2) is 4.72. The molecule has 4 rings (SSSR count). The Labute approximate surface area is 135 Å². The highest BCUT2D eigenvalue weighted by Gasteiger charge is 2.21. The lowest BCUT2D eigenvalue weighted by atomic mass is 9.92. The largest absolute Gasteiger partial charge is 0.353 e. The Bertz CT molecular complexity index is 984. The lowest BCUT2D eigenvalue weighted by Crippen LogP contribution is -2.11. The molecule has 0 saturated heterocycles. The number of aromatic nitrogens is 7. The summed E-state index contributed by atoms with van der Waals surface area (Å²) in [4.78, 5) is 0.685. The molecule has 0 aliphatic rings. The summed E-state index contributed by atoms with van der Waals surface area (Å²) < 4.78 is 6.94. The second-order valence-corrected chi connectivity index (χ2v) is 7.33. The van der Waals surface area contributed by atoms with Gasteiger partial charge in [-0.1, -0.05) is 37.3 Å². The van der Waals surface area contributed by atoms with Crippen LogP contribution in [0.15, 0.2) is 16.7 Å². The number of hydrogen-bond acceptors (Lipinski definition) is 7. The van der Waals surface area contributed by atoms with Gasteiger partial charge >= 0.3 is 0 Å². The minimum Gasteiger partial charge on any atom is -0.353 e. The van der Waals surface area contributed by atoms with E-state index in [1.54, 1.807) is 4.52 Å². The van der Waals surface area contributed by atoms with E-state index in [1.165, 1.54) is 11.3 Å². The summed E-state index contributed by atoms with van der Waals surface area (Å²) in [5, 5.41) is 24.9. The predicted molar refractivity (Wildman–Crippen MR) is 85.2 cm³/mol. The van der Waals surface area contributed by atoms with Gasteiger partial charge in [0.15, 0.2) is 10.8 Å². The topological polar surface area (TPSA) is 97.8 Å². The van der Waals surface area contributed by atoms with Gasteiger partial charge in [0.25, 0.3) is 0 Å². The first-order valence-electron chi connectivity index (χ1n) is 7.14. The summed E-state index contributed by atoms with van der Waals surface area (Å²) in [6.45, 7) is 8.24. The van der Waals surface area contributed by atoms with Crippen LogP contribution in [0.4, 0.5) is 0 Å². The molecule has 0 spiro atoms. The molecule has 4 aromatic rings. The van der Waals surface area contributed by atoms with E-state index in [1.807, 2.05) is 19.1 Å². The summed E-state index contributed by atoms with van der Waals surface area (Å²) in [6.07, 6.45) is 0. The Hall–Kier alpha value is -2.55. The van der Waals surface area contributed by atoms with E-state index in [4.69, 9.17) is 4.52 Å². The van der Waals surface area contributed by atoms with Gasteiger partial charge in [0.2, 0.25) is 10.8 Å². The smallest absolute Gasteiger partial charge is 0.235 e. The van der Waals surface area contributed by atoms with Crippen molar-refractivity contribution in [2.45, 2.75) is 33.1 Å². The van der Waals surface area contributed by atoms with Gasteiger partial charge in [0.1, 0.15) is 5.69 Å². The fraction of sp³-hybridized carbons (Fsp3) is 0.357. The highest BCUT2D eigenvalue weighted by atomic mass is 32.1. The third-order valence-electron chi connectivity index (χ3n) is 3.44. The summed E-state index contributed by atoms with van der Waals surface area (Å²) in [6, 6.07) is 3.83. The molecular formula is C14H15N7OS. The number of aryl methyl sites for hydroxylation is 1. The molecule has 0 radical (unpaired) electrons. The van der Waals surface area contributed by atoms with Crippen LogP contribution in [0.2, 0.25) is 0 Å². The van der Waals surface area contributed by atoms with Crippen LogP contribution in [0, 0.1) is 6.92 Å². The van der Waals surface area contributed by atoms with Crippen molar-refractivity contribution >= 4 is 16.3 Å². The van der Waals surface area contributed by atoms with Gasteiger partial charge in [-0.3, -0.25) is 5.10 Å². The standard InChI is InChI=1S/C14H15N7OS/c1-7-5-9(22-20-7)12-19-21-11(17-18-13(21)23-12)8-6-10(16-15-8)14(2,3)4/h5-6H,1-4H3,(H,15,16). The van der Waals surface area contributed by atoms with Gasteiger partial charge in [-0.05, 0) is 13.0 Å². The molecule has 4 aromatic heterocycles. The molecule has 23 heavy (non-hydrogen) atoms. The second-order valence-electron chi connectivity index (χ2n) is 6.37. The summed E-state index contributed by atoms with van der Waals surface area (Å²) in [5.41, 5.74) is 2.55. The maximum atomic E-state index is 5.26. The molecule has 0 amide bonds. The number of rotatable bonds is 2. The average molecular weight is 329 g/mol. The first kappa shape index (κ1) is 14.1. The molecule has 118 valence electrons. The summed E-state index contributed by atoms with van der Waals surface area (Å²) >= 11 is 1.40. The molecule has 0 bridgehead atoms. The number of nitrogens with zero attached hydrogens (tertiary/aromatic N) is 6. The average Bonchev–Trinajstić information content (AvgIpc) is 3.19. The molecule has 8 nitrogen and oxygen atoms in total. The molecule has 1 N–H and O–H groups in total. The molecule has 0 aliphatic heterocycles. The number of nitrogens with one attached hydrogen (secondary N) is 1. The van der Waals surface area contributed by atoms with Crippen LogP contribution in [0.5, 0.6) is 0 Å². The SMILES string of the molecule is Cc1cc(-c2nn3c(-c4cc(C(C)(C)C)[nH]n4)nnc3s2)on1. The maximum absolute atomic E-state index is 5.26. The molecule has 0 unspecified atom stereocenters. The number of fused-ring (bicyclic) bond motifs is 1. The van der Waals surface area contributed by atoms with Gasteiger partial charge in [-0.2, -0.15) is 9.61 Å². The van der Waals surface area contributed by atoms with Crippen LogP contribution in [0.1, 0.15) is 32.2 Å². The zero-order chi connectivity index (χ0) is 16.2. The normalized spacial score (nSPS) is 12.3. The lowest BCUT2D eigenvalue weighted by molar-refractivity contribution is 0.426. The quantitative estimate of drug-likeness (QED) is 0.607. The lowest BCUT2D eigenvalue weighted by Gasteiger charge is -2.14. The Morgan fingerprint density at radius 1 is 1.22 bits per heavy atom. The van der Waals surface area contributed by atoms with Crippen molar-refractivity contribution in [2.75, 3.05) is 0 Å². The van der Waals surface area contributed by atoms with Crippen molar-refractivity contribution in [3.63, 3.8) is 0 Å². The zero-order valence-electron chi connectivity index (χ0n) is 13.2. The Kier molecular flexibility index (Phi) is 2.89. The first-order chi connectivity index (χ1) is 10.9. The zero-order valence-corrected chi connectivity index (χ0v) is 14.0. The van der Waals surface area contributed by atoms with Crippen molar-refractivity contribution in [2.24, 2.45) is 0 Å². The van der Waals surface area contributed by atoms with E-state index in [9.17, 15) is 0 Å². The Balaban J connectivity index is 1.79. The monoisotopic (exact) mass is 329 g/mol. The Morgan fingerprint density at radius 2 is 2.04 bits per heavy atom. The van der Waals surface area contributed by atoms with Crippen LogP contribution in [-0.2, 0) is 5.41 Å². The van der Waals surface area contributed by atoms with Crippen LogP contribution in [0.25, 0.3) is 27.2 Å². The minimum absolute atomic E-state index is 0.0142. The van der Waals surface area contributed by atoms with Gasteiger partial charge in [-0.25, -0.2) is 0 Å². The molecule has 4 heterocycles. The van der Waals surface area contributed by atoms with Gasteiger partial charge < -0.3 is 4.52 Å². The fourth-order valence-corrected chi connectivity index (χ4v) is 2.95. The molecule has 0 saturated carbocycles. The summed E-state index contributed by atoms with van der Waals surface area (Å²) in [7, 11) is 0. The van der Waals surface area contributed by atoms with E-state index >= 15 is 0 Å². The van der Waals surface area contributed by atoms with Gasteiger partial charge in [0.05, 0.1) is 5.69 Å². The molecular weight excluding hydrogens is 314 g/mol. The third kappa shape index (κ3) is 2.33. The van der Waals surface area contributed by atoms with Crippen LogP contribution >= 0.6 is 11.3 Å². The van der Waals surface area contributed by atoms with E-state index < -0.39 is 0 Å². The fourth-order valence-electron chi connectivity index (χ4n) is 2.16. The molecule has 0 aliphatic carbocycles. The number of aromatic amines is 1. The van der Waals surface area contributed by atoms with Crippen molar-refractivity contribution in [3.05, 3.63) is 23.5 Å². The van der Waals surface area contributed by atoms with Gasteiger partial charge in [0, 0.05) is 17.2 Å². The molecule has 0 atom stereocenters. The number of H-pyrrole nitrogens is 1. The predicted octanol–water partition coefficient (Wildman–Crippen LogP) is 2.84. The van der Waals surface area contributed by atoms with E-state index in [0.29, 0.717) is 27.2 Å². The van der Waals surface area contributed by atoms with Crippen molar-refractivity contribution in [3.8, 4) is 22.3 Å². The molecule has 0 aromatic carbocycles. The highest BCUT2D eigenvalue weighted by molar-refractivity contribution is 7.19. The first-order valence-corrected chi connectivity index (χ1v) is 7.95. The van der Waals surface area contributed by atoms with Crippen LogP contribution in [0.3, 0.4) is 0 Å². The minimum atomic E-state index is -0.0142. The van der Waals surface area contributed by atoms with Crippen LogP contribution < -0.4 is 0 Å².